The fourth-order valence-corrected chi connectivity index (χ4v) is 2.91. The van der Waals surface area contributed by atoms with Crippen LogP contribution < -0.4 is 10.5 Å². The Kier molecular flexibility index (Phi) is 4.13. The number of fused-ring (bicyclic) bond motifs is 1. The number of anilines is 1. The Balaban J connectivity index is 1.90. The number of nitrogens with one attached hydrogen (secondary N) is 1. The number of benzene rings is 1. The third-order valence-corrected chi connectivity index (χ3v) is 4.55. The summed E-state index contributed by atoms with van der Waals surface area (Å²) in [4.78, 5) is 35.5. The standard InChI is InChI=1S/C18H22N4O2/c1-11-12(2)20-17(23)16(19-11)18(24)22-8-7-13-5-6-15(21(3)4)9-14(13)10-22/h5-6,9H,7-8,10H2,1-4H3,(H,20,23). The largest absolute Gasteiger partial charge is 0.378 e. The molecule has 1 N–H and O–H groups in total. The molecular formula is C18H22N4O2. The molecule has 0 atom stereocenters. The first kappa shape index (κ1) is 16.2. The quantitative estimate of drug-likeness (QED) is 0.911. The Morgan fingerprint density at radius 3 is 2.71 bits per heavy atom. The van der Waals surface area contributed by atoms with E-state index in [9.17, 15) is 9.59 Å². The number of rotatable bonds is 2. The van der Waals surface area contributed by atoms with Crippen molar-refractivity contribution in [3.8, 4) is 0 Å². The average molecular weight is 326 g/mol. The van der Waals surface area contributed by atoms with E-state index in [1.165, 1.54) is 5.56 Å². The molecule has 1 aromatic heterocycles. The highest BCUT2D eigenvalue weighted by atomic mass is 16.2. The Hall–Kier alpha value is -2.63. The predicted octanol–water partition coefficient (Wildman–Crippen LogP) is 1.65. The molecule has 24 heavy (non-hydrogen) atoms. The maximum absolute atomic E-state index is 12.7. The smallest absolute Gasteiger partial charge is 0.279 e. The molecule has 0 bridgehead atoms. The van der Waals surface area contributed by atoms with E-state index in [4.69, 9.17) is 0 Å². The van der Waals surface area contributed by atoms with Crippen LogP contribution >= 0.6 is 0 Å². The summed E-state index contributed by atoms with van der Waals surface area (Å²) >= 11 is 0. The third-order valence-electron chi connectivity index (χ3n) is 4.55. The molecule has 0 saturated carbocycles. The Labute approximate surface area is 141 Å². The summed E-state index contributed by atoms with van der Waals surface area (Å²) in [5.41, 5.74) is 4.40. The van der Waals surface area contributed by atoms with Gasteiger partial charge in [0.25, 0.3) is 11.5 Å². The predicted molar refractivity (Wildman–Crippen MR) is 93.5 cm³/mol. The number of carbonyl (C=O) groups excluding carboxylic acids is 1. The summed E-state index contributed by atoms with van der Waals surface area (Å²) in [5.74, 6) is -0.305. The van der Waals surface area contributed by atoms with Gasteiger partial charge in [-0.3, -0.25) is 9.59 Å². The number of aromatic nitrogens is 2. The second-order valence-electron chi connectivity index (χ2n) is 6.45. The maximum atomic E-state index is 12.7. The van der Waals surface area contributed by atoms with Crippen LogP contribution in [0.25, 0.3) is 0 Å². The Bertz CT molecular complexity index is 855. The highest BCUT2D eigenvalue weighted by molar-refractivity contribution is 5.92. The minimum atomic E-state index is -0.420. The van der Waals surface area contributed by atoms with Crippen LogP contribution in [-0.4, -0.2) is 41.4 Å². The summed E-state index contributed by atoms with van der Waals surface area (Å²) in [6.45, 7) is 4.67. The fourth-order valence-electron chi connectivity index (χ4n) is 2.91. The molecule has 1 aromatic carbocycles. The van der Waals surface area contributed by atoms with Crippen molar-refractivity contribution >= 4 is 11.6 Å². The minimum Gasteiger partial charge on any atom is -0.378 e. The summed E-state index contributed by atoms with van der Waals surface area (Å²) in [7, 11) is 3.98. The first-order chi connectivity index (χ1) is 11.4. The van der Waals surface area contributed by atoms with E-state index >= 15 is 0 Å². The van der Waals surface area contributed by atoms with Gasteiger partial charge >= 0.3 is 0 Å². The number of hydrogen-bond acceptors (Lipinski definition) is 4. The van der Waals surface area contributed by atoms with Crippen LogP contribution in [0.3, 0.4) is 0 Å². The lowest BCUT2D eigenvalue weighted by Crippen LogP contribution is -2.39. The third kappa shape index (κ3) is 2.91. The molecule has 0 unspecified atom stereocenters. The molecule has 0 aliphatic carbocycles. The van der Waals surface area contributed by atoms with Crippen molar-refractivity contribution in [2.24, 2.45) is 0 Å². The van der Waals surface area contributed by atoms with E-state index in [0.717, 1.165) is 17.7 Å². The van der Waals surface area contributed by atoms with Crippen LogP contribution in [0, 0.1) is 13.8 Å². The minimum absolute atomic E-state index is 0.0229. The number of nitrogens with zero attached hydrogens (tertiary/aromatic N) is 3. The van der Waals surface area contributed by atoms with Gasteiger partial charge in [-0.05, 0) is 43.5 Å². The first-order valence-electron chi connectivity index (χ1n) is 8.02. The van der Waals surface area contributed by atoms with Crippen LogP contribution in [0.1, 0.15) is 33.0 Å². The molecule has 126 valence electrons. The van der Waals surface area contributed by atoms with Gasteiger partial charge in [0.1, 0.15) is 0 Å². The van der Waals surface area contributed by atoms with Gasteiger partial charge in [-0.25, -0.2) is 4.98 Å². The molecule has 2 aromatic rings. The molecular weight excluding hydrogens is 304 g/mol. The van der Waals surface area contributed by atoms with Crippen LogP contribution in [0.2, 0.25) is 0 Å². The highest BCUT2D eigenvalue weighted by Crippen LogP contribution is 2.24. The monoisotopic (exact) mass is 326 g/mol. The molecule has 6 heteroatoms. The van der Waals surface area contributed by atoms with Crippen molar-refractivity contribution in [1.82, 2.24) is 14.9 Å². The highest BCUT2D eigenvalue weighted by Gasteiger charge is 2.25. The van der Waals surface area contributed by atoms with E-state index < -0.39 is 5.56 Å². The molecule has 3 rings (SSSR count). The zero-order chi connectivity index (χ0) is 17.4. The Morgan fingerprint density at radius 2 is 2.00 bits per heavy atom. The van der Waals surface area contributed by atoms with E-state index in [2.05, 4.69) is 28.2 Å². The lowest BCUT2D eigenvalue weighted by molar-refractivity contribution is 0.0726. The van der Waals surface area contributed by atoms with Crippen molar-refractivity contribution < 1.29 is 4.79 Å². The molecule has 1 aliphatic heterocycles. The number of hydrogen-bond donors (Lipinski definition) is 1. The Morgan fingerprint density at radius 1 is 1.25 bits per heavy atom. The van der Waals surface area contributed by atoms with Gasteiger partial charge in [0, 0.05) is 38.6 Å². The molecule has 2 heterocycles. The van der Waals surface area contributed by atoms with Crippen molar-refractivity contribution in [2.75, 3.05) is 25.5 Å². The number of carbonyl (C=O) groups is 1. The van der Waals surface area contributed by atoms with Crippen molar-refractivity contribution in [3.63, 3.8) is 0 Å². The zero-order valence-corrected chi connectivity index (χ0v) is 14.5. The van der Waals surface area contributed by atoms with Crippen LogP contribution in [0.15, 0.2) is 23.0 Å². The van der Waals surface area contributed by atoms with Gasteiger partial charge < -0.3 is 14.8 Å². The lowest BCUT2D eigenvalue weighted by Gasteiger charge is -2.29. The van der Waals surface area contributed by atoms with Gasteiger partial charge in [0.05, 0.1) is 5.69 Å². The van der Waals surface area contributed by atoms with Gasteiger partial charge in [0.2, 0.25) is 0 Å². The van der Waals surface area contributed by atoms with E-state index in [-0.39, 0.29) is 11.6 Å². The first-order valence-corrected chi connectivity index (χ1v) is 8.02. The number of amides is 1. The summed E-state index contributed by atoms with van der Waals surface area (Å²) in [6, 6.07) is 6.31. The van der Waals surface area contributed by atoms with E-state index in [0.29, 0.717) is 24.5 Å². The maximum Gasteiger partial charge on any atom is 0.279 e. The van der Waals surface area contributed by atoms with Gasteiger partial charge in [-0.2, -0.15) is 0 Å². The van der Waals surface area contributed by atoms with E-state index in [1.807, 2.05) is 19.0 Å². The normalized spacial score (nSPS) is 13.6. The second-order valence-corrected chi connectivity index (χ2v) is 6.45. The lowest BCUT2D eigenvalue weighted by atomic mass is 9.98. The number of aromatic amines is 1. The summed E-state index contributed by atoms with van der Waals surface area (Å²) in [6.07, 6.45) is 0.789. The number of H-pyrrole nitrogens is 1. The molecule has 0 radical (unpaired) electrons. The zero-order valence-electron chi connectivity index (χ0n) is 14.5. The molecule has 0 spiro atoms. The molecule has 0 fully saturated rings. The van der Waals surface area contributed by atoms with Crippen LogP contribution in [0.4, 0.5) is 5.69 Å². The van der Waals surface area contributed by atoms with Gasteiger partial charge in [0.15, 0.2) is 5.69 Å². The van der Waals surface area contributed by atoms with Gasteiger partial charge in [-0.1, -0.05) is 6.07 Å². The van der Waals surface area contributed by atoms with Crippen molar-refractivity contribution in [3.05, 3.63) is 56.8 Å². The van der Waals surface area contributed by atoms with Crippen molar-refractivity contribution in [2.45, 2.75) is 26.8 Å². The van der Waals surface area contributed by atoms with E-state index in [1.54, 1.807) is 18.7 Å². The molecule has 0 saturated heterocycles. The summed E-state index contributed by atoms with van der Waals surface area (Å²) < 4.78 is 0. The summed E-state index contributed by atoms with van der Waals surface area (Å²) in [5, 5.41) is 0. The SMILES string of the molecule is Cc1nc(C(=O)N2CCc3ccc(N(C)C)cc3C2)c(=O)[nH]c1C. The van der Waals surface area contributed by atoms with Crippen LogP contribution in [0.5, 0.6) is 0 Å². The van der Waals surface area contributed by atoms with Gasteiger partial charge in [-0.15, -0.1) is 0 Å². The van der Waals surface area contributed by atoms with Crippen LogP contribution in [-0.2, 0) is 13.0 Å². The second kappa shape index (κ2) is 6.11. The molecule has 1 aliphatic rings. The molecule has 1 amide bonds. The van der Waals surface area contributed by atoms with Crippen molar-refractivity contribution in [1.29, 1.82) is 0 Å². The average Bonchev–Trinajstić information content (AvgIpc) is 2.56. The topological polar surface area (TPSA) is 69.3 Å². The number of aryl methyl sites for hydroxylation is 2. The molecule has 6 nitrogen and oxygen atoms in total. The fraction of sp³-hybridized carbons (Fsp3) is 0.389.